The molecule has 6 nitrogen and oxygen atoms in total. The normalized spacial score (nSPS) is 29.5. The number of nitrogens with one attached hydrogen (secondary N) is 1. The topological polar surface area (TPSA) is 61.9 Å². The predicted octanol–water partition coefficient (Wildman–Crippen LogP) is 2.64. The number of rotatable bonds is 6. The van der Waals surface area contributed by atoms with Crippen LogP contribution in [0.4, 0.5) is 10.5 Å². The number of hydrogen-bond donors (Lipinski definition) is 1. The summed E-state index contributed by atoms with van der Waals surface area (Å²) in [6, 6.07) is 8.34. The summed E-state index contributed by atoms with van der Waals surface area (Å²) in [6.45, 7) is 7.10. The molecule has 2 saturated heterocycles. The molecule has 1 aromatic rings. The Morgan fingerprint density at radius 3 is 2.65 bits per heavy atom. The Labute approximate surface area is 159 Å². The summed E-state index contributed by atoms with van der Waals surface area (Å²) in [7, 11) is 0. The lowest BCUT2D eigenvalue weighted by Gasteiger charge is -2.19. The highest BCUT2D eigenvalue weighted by molar-refractivity contribution is 7.96. The average molecular weight is 378 g/mol. The van der Waals surface area contributed by atoms with E-state index in [0.29, 0.717) is 24.9 Å². The van der Waals surface area contributed by atoms with Crippen LogP contribution in [-0.2, 0) is 14.9 Å². The molecule has 3 aliphatic rings. The maximum Gasteiger partial charge on any atom is 0.414 e. The first-order valence-corrected chi connectivity index (χ1v) is 10.4. The smallest absolute Gasteiger partial charge is 0.414 e. The van der Waals surface area contributed by atoms with Crippen molar-refractivity contribution in [2.24, 2.45) is 5.92 Å². The van der Waals surface area contributed by atoms with Gasteiger partial charge in [0.15, 0.2) is 0 Å². The fourth-order valence-electron chi connectivity index (χ4n) is 4.01. The second kappa shape index (κ2) is 7.88. The zero-order valence-corrected chi connectivity index (χ0v) is 16.4. The lowest BCUT2D eigenvalue weighted by molar-refractivity contribution is -0.109. The van der Waals surface area contributed by atoms with E-state index in [4.69, 9.17) is 4.74 Å². The van der Waals surface area contributed by atoms with E-state index in [9.17, 15) is 9.59 Å². The van der Waals surface area contributed by atoms with Crippen LogP contribution in [0.3, 0.4) is 0 Å². The third-order valence-corrected chi connectivity index (χ3v) is 6.22. The summed E-state index contributed by atoms with van der Waals surface area (Å²) in [6.07, 6.45) is 3.39. The van der Waals surface area contributed by atoms with E-state index in [2.05, 4.69) is 28.0 Å². The van der Waals surface area contributed by atoms with Gasteiger partial charge in [-0.1, -0.05) is 37.9 Å². The monoisotopic (exact) mass is 377 g/mol. The average Bonchev–Trinajstić information content (AvgIpc) is 3.06. The second-order valence-corrected chi connectivity index (χ2v) is 7.63. The fraction of sp³-hybridized carbons (Fsp3) is 0.579. The molecule has 1 aliphatic carbocycles. The van der Waals surface area contributed by atoms with Crippen LogP contribution in [0.1, 0.15) is 25.8 Å². The van der Waals surface area contributed by atoms with Crippen LogP contribution < -0.4 is 10.2 Å². The van der Waals surface area contributed by atoms with Crippen molar-refractivity contribution in [2.75, 3.05) is 37.3 Å². The maximum atomic E-state index is 12.0. The van der Waals surface area contributed by atoms with Gasteiger partial charge in [-0.3, -0.25) is 9.69 Å². The Bertz CT molecular complexity index is 654. The second-order valence-electron chi connectivity index (χ2n) is 6.75. The Balaban J connectivity index is 0.000000948. The van der Waals surface area contributed by atoms with Crippen LogP contribution in [0.25, 0.3) is 0 Å². The predicted molar refractivity (Wildman–Crippen MR) is 104 cm³/mol. The number of piperidine rings is 1. The molecular weight excluding hydrogens is 350 g/mol. The number of nitrogens with zero attached hydrogens (tertiary/aromatic N) is 2. The standard InChI is InChI=1S/C17H21N3O3S.C2H6/c1-24-19-8-13-6-17(13,10-19)12-2-4-14(5-3-12)20-9-15(7-18-11-21)23-16(20)22;1-2/h2-5,11,13,15H,6-10H2,1H3,(H,18,21);1-2H3. The number of carbonyl (C=O) groups is 2. The summed E-state index contributed by atoms with van der Waals surface area (Å²) in [5, 5.41) is 2.56. The molecule has 0 aromatic heterocycles. The van der Waals surface area contributed by atoms with Crippen LogP contribution in [0.2, 0.25) is 0 Å². The van der Waals surface area contributed by atoms with Crippen LogP contribution >= 0.6 is 11.9 Å². The molecule has 7 heteroatoms. The van der Waals surface area contributed by atoms with Crippen LogP contribution in [0, 0.1) is 5.92 Å². The van der Waals surface area contributed by atoms with E-state index in [1.165, 1.54) is 18.5 Å². The van der Waals surface area contributed by atoms with Gasteiger partial charge in [0.25, 0.3) is 0 Å². The van der Waals surface area contributed by atoms with Crippen LogP contribution in [0.15, 0.2) is 24.3 Å². The molecular formula is C19H27N3O3S. The minimum Gasteiger partial charge on any atom is -0.442 e. The molecule has 26 heavy (non-hydrogen) atoms. The van der Waals surface area contributed by atoms with Crippen molar-refractivity contribution in [3.05, 3.63) is 29.8 Å². The van der Waals surface area contributed by atoms with Crippen molar-refractivity contribution in [3.63, 3.8) is 0 Å². The van der Waals surface area contributed by atoms with Gasteiger partial charge in [-0.2, -0.15) is 0 Å². The van der Waals surface area contributed by atoms with E-state index in [0.717, 1.165) is 18.2 Å². The number of fused-ring (bicyclic) bond motifs is 1. The first-order chi connectivity index (χ1) is 12.7. The zero-order chi connectivity index (χ0) is 18.7. The lowest BCUT2D eigenvalue weighted by atomic mass is 9.95. The van der Waals surface area contributed by atoms with Gasteiger partial charge in [0.2, 0.25) is 6.41 Å². The van der Waals surface area contributed by atoms with Crippen LogP contribution in [-0.4, -0.2) is 55.3 Å². The van der Waals surface area contributed by atoms with Crippen molar-refractivity contribution in [3.8, 4) is 0 Å². The fourth-order valence-corrected chi connectivity index (χ4v) is 4.70. The molecule has 2 amide bonds. The number of amides is 2. The van der Waals surface area contributed by atoms with Crippen molar-refractivity contribution in [1.82, 2.24) is 9.62 Å². The number of benzene rings is 1. The highest BCUT2D eigenvalue weighted by Crippen LogP contribution is 2.60. The summed E-state index contributed by atoms with van der Waals surface area (Å²) in [5.74, 6) is 0.770. The van der Waals surface area contributed by atoms with Crippen LogP contribution in [0.5, 0.6) is 0 Å². The molecule has 3 unspecified atom stereocenters. The first-order valence-electron chi connectivity index (χ1n) is 9.21. The SMILES string of the molecule is CC.CSN1CC2CC2(c2ccc(N3CC(CNC=O)OC3=O)cc2)C1. The molecule has 142 valence electrons. The minimum absolute atomic E-state index is 0.293. The highest BCUT2D eigenvalue weighted by atomic mass is 32.2. The summed E-state index contributed by atoms with van der Waals surface area (Å²) < 4.78 is 7.71. The molecule has 2 heterocycles. The largest absolute Gasteiger partial charge is 0.442 e. The third kappa shape index (κ3) is 3.42. The van der Waals surface area contributed by atoms with E-state index in [1.807, 2.05) is 37.9 Å². The first kappa shape index (κ1) is 19.0. The highest BCUT2D eigenvalue weighted by Gasteiger charge is 2.60. The third-order valence-electron chi connectivity index (χ3n) is 5.43. The molecule has 4 rings (SSSR count). The minimum atomic E-state index is -0.350. The van der Waals surface area contributed by atoms with Gasteiger partial charge in [-0.25, -0.2) is 9.10 Å². The van der Waals surface area contributed by atoms with Crippen molar-refractivity contribution < 1.29 is 14.3 Å². The summed E-state index contributed by atoms with van der Waals surface area (Å²) in [5.41, 5.74) is 2.55. The van der Waals surface area contributed by atoms with Crippen molar-refractivity contribution in [2.45, 2.75) is 31.8 Å². The molecule has 0 spiro atoms. The van der Waals surface area contributed by atoms with E-state index in [-0.39, 0.29) is 12.2 Å². The molecule has 1 N–H and O–H groups in total. The van der Waals surface area contributed by atoms with E-state index in [1.54, 1.807) is 4.90 Å². The van der Waals surface area contributed by atoms with E-state index < -0.39 is 0 Å². The zero-order valence-electron chi connectivity index (χ0n) is 15.6. The Kier molecular flexibility index (Phi) is 5.77. The Hall–Kier alpha value is -1.73. The number of hydrogen-bond acceptors (Lipinski definition) is 5. The van der Waals surface area contributed by atoms with Gasteiger partial charge >= 0.3 is 6.09 Å². The molecule has 3 fully saturated rings. The summed E-state index contributed by atoms with van der Waals surface area (Å²) >= 11 is 1.82. The number of cyclic esters (lactones) is 1. The molecule has 1 saturated carbocycles. The molecule has 1 aromatic carbocycles. The van der Waals surface area contributed by atoms with Gasteiger partial charge in [0.05, 0.1) is 13.1 Å². The summed E-state index contributed by atoms with van der Waals surface area (Å²) in [4.78, 5) is 24.0. The van der Waals surface area contributed by atoms with Gasteiger partial charge < -0.3 is 10.1 Å². The number of ether oxygens (including phenoxy) is 1. The quantitative estimate of drug-likeness (QED) is 0.610. The molecule has 3 atom stereocenters. The number of anilines is 1. The van der Waals surface area contributed by atoms with Gasteiger partial charge in [-0.05, 0) is 36.3 Å². The van der Waals surface area contributed by atoms with Crippen molar-refractivity contribution >= 4 is 30.1 Å². The number of carbonyl (C=O) groups excluding carboxylic acids is 2. The molecule has 2 aliphatic heterocycles. The Morgan fingerprint density at radius 1 is 1.31 bits per heavy atom. The van der Waals surface area contributed by atoms with Crippen molar-refractivity contribution in [1.29, 1.82) is 0 Å². The molecule has 0 radical (unpaired) electrons. The van der Waals surface area contributed by atoms with Gasteiger partial charge in [-0.15, -0.1) is 0 Å². The Morgan fingerprint density at radius 2 is 2.04 bits per heavy atom. The van der Waals surface area contributed by atoms with Gasteiger partial charge in [0, 0.05) is 24.2 Å². The van der Waals surface area contributed by atoms with E-state index >= 15 is 0 Å². The maximum absolute atomic E-state index is 12.0. The lowest BCUT2D eigenvalue weighted by Crippen LogP contribution is -2.30. The molecule has 0 bridgehead atoms. The van der Waals surface area contributed by atoms with Gasteiger partial charge in [0.1, 0.15) is 6.10 Å².